The van der Waals surface area contributed by atoms with E-state index in [9.17, 15) is 4.79 Å². The molecule has 21 heavy (non-hydrogen) atoms. The topological polar surface area (TPSA) is 32.3 Å². The Bertz CT molecular complexity index is 495. The maximum Gasteiger partial charge on any atom is 0.235 e. The zero-order valence-electron chi connectivity index (χ0n) is 12.7. The van der Waals surface area contributed by atoms with Gasteiger partial charge in [0.15, 0.2) is 0 Å². The summed E-state index contributed by atoms with van der Waals surface area (Å²) >= 11 is 1.68. The number of amides is 1. The molecule has 1 unspecified atom stereocenters. The monoisotopic (exact) mass is 304 g/mol. The van der Waals surface area contributed by atoms with E-state index in [1.54, 1.807) is 11.8 Å². The van der Waals surface area contributed by atoms with Crippen molar-refractivity contribution in [2.24, 2.45) is 0 Å². The molecule has 4 heteroatoms. The summed E-state index contributed by atoms with van der Waals surface area (Å²) in [4.78, 5) is 15.6. The SMILES string of the molecule is CC(Sc1cccc(CNC2CC2)c1)C(=O)N1CCCC1. The van der Waals surface area contributed by atoms with E-state index in [1.165, 1.54) is 23.3 Å². The third kappa shape index (κ3) is 4.24. The predicted octanol–water partition coefficient (Wildman–Crippen LogP) is 3.04. The molecule has 1 N–H and O–H groups in total. The van der Waals surface area contributed by atoms with Crippen molar-refractivity contribution >= 4 is 17.7 Å². The number of rotatable bonds is 6. The molecule has 1 heterocycles. The summed E-state index contributed by atoms with van der Waals surface area (Å²) in [5.74, 6) is 0.291. The average molecular weight is 304 g/mol. The molecule has 0 spiro atoms. The molecular formula is C17H24N2OS. The van der Waals surface area contributed by atoms with Crippen molar-refractivity contribution in [1.29, 1.82) is 0 Å². The summed E-state index contributed by atoms with van der Waals surface area (Å²) < 4.78 is 0. The highest BCUT2D eigenvalue weighted by atomic mass is 32.2. The highest BCUT2D eigenvalue weighted by Crippen LogP contribution is 2.27. The zero-order chi connectivity index (χ0) is 14.7. The Labute approximate surface area is 131 Å². The number of hydrogen-bond donors (Lipinski definition) is 1. The van der Waals surface area contributed by atoms with Crippen molar-refractivity contribution in [3.8, 4) is 0 Å². The van der Waals surface area contributed by atoms with Gasteiger partial charge in [0, 0.05) is 30.6 Å². The summed E-state index contributed by atoms with van der Waals surface area (Å²) in [5, 5.41) is 3.55. The van der Waals surface area contributed by atoms with Crippen LogP contribution in [-0.2, 0) is 11.3 Å². The molecule has 2 aliphatic rings. The Morgan fingerprint density at radius 3 is 2.86 bits per heavy atom. The number of nitrogens with zero attached hydrogens (tertiary/aromatic N) is 1. The molecule has 1 aliphatic heterocycles. The summed E-state index contributed by atoms with van der Waals surface area (Å²) in [6.45, 7) is 4.85. The first kappa shape index (κ1) is 14.9. The minimum Gasteiger partial charge on any atom is -0.342 e. The van der Waals surface area contributed by atoms with Crippen LogP contribution in [0.4, 0.5) is 0 Å². The first-order valence-electron chi connectivity index (χ1n) is 8.00. The lowest BCUT2D eigenvalue weighted by molar-refractivity contribution is -0.129. The average Bonchev–Trinajstić information content (AvgIpc) is 3.16. The second-order valence-corrected chi connectivity index (χ2v) is 7.51. The molecule has 1 amide bonds. The van der Waals surface area contributed by atoms with Crippen molar-refractivity contribution in [3.05, 3.63) is 29.8 Å². The quantitative estimate of drug-likeness (QED) is 0.820. The van der Waals surface area contributed by atoms with E-state index in [2.05, 4.69) is 29.6 Å². The molecule has 1 aromatic carbocycles. The number of carbonyl (C=O) groups excluding carboxylic acids is 1. The van der Waals surface area contributed by atoms with Gasteiger partial charge in [-0.1, -0.05) is 12.1 Å². The van der Waals surface area contributed by atoms with Gasteiger partial charge >= 0.3 is 0 Å². The van der Waals surface area contributed by atoms with Crippen LogP contribution in [0.25, 0.3) is 0 Å². The van der Waals surface area contributed by atoms with E-state index in [4.69, 9.17) is 0 Å². The van der Waals surface area contributed by atoms with Crippen molar-refractivity contribution < 1.29 is 4.79 Å². The normalized spacial score (nSPS) is 19.8. The molecule has 1 saturated heterocycles. The van der Waals surface area contributed by atoms with Gasteiger partial charge in [-0.05, 0) is 50.3 Å². The van der Waals surface area contributed by atoms with Gasteiger partial charge in [0.25, 0.3) is 0 Å². The van der Waals surface area contributed by atoms with E-state index in [0.29, 0.717) is 5.91 Å². The molecule has 3 nitrogen and oxygen atoms in total. The van der Waals surface area contributed by atoms with Crippen LogP contribution < -0.4 is 5.32 Å². The Balaban J connectivity index is 1.55. The Hall–Kier alpha value is -1.00. The summed E-state index contributed by atoms with van der Waals surface area (Å²) in [6, 6.07) is 9.32. The molecule has 1 aliphatic carbocycles. The van der Waals surface area contributed by atoms with E-state index < -0.39 is 0 Å². The molecule has 3 rings (SSSR count). The van der Waals surface area contributed by atoms with Crippen molar-refractivity contribution in [3.63, 3.8) is 0 Å². The fourth-order valence-electron chi connectivity index (χ4n) is 2.73. The maximum absolute atomic E-state index is 12.4. The van der Waals surface area contributed by atoms with Crippen LogP contribution in [0.1, 0.15) is 38.2 Å². The van der Waals surface area contributed by atoms with E-state index in [0.717, 1.165) is 38.5 Å². The lowest BCUT2D eigenvalue weighted by Gasteiger charge is -2.20. The number of benzene rings is 1. The number of carbonyl (C=O) groups is 1. The number of nitrogens with one attached hydrogen (secondary N) is 1. The zero-order valence-corrected chi connectivity index (χ0v) is 13.5. The Morgan fingerprint density at radius 2 is 2.14 bits per heavy atom. The highest BCUT2D eigenvalue weighted by Gasteiger charge is 2.24. The van der Waals surface area contributed by atoms with Gasteiger partial charge in [-0.15, -0.1) is 11.8 Å². The van der Waals surface area contributed by atoms with Crippen LogP contribution in [0.3, 0.4) is 0 Å². The number of likely N-dealkylation sites (tertiary alicyclic amines) is 1. The van der Waals surface area contributed by atoms with Crippen LogP contribution in [0.2, 0.25) is 0 Å². The fourth-order valence-corrected chi connectivity index (χ4v) is 3.76. The molecule has 2 fully saturated rings. The highest BCUT2D eigenvalue weighted by molar-refractivity contribution is 8.00. The van der Waals surface area contributed by atoms with Crippen LogP contribution in [0.15, 0.2) is 29.2 Å². The van der Waals surface area contributed by atoms with Gasteiger partial charge in [-0.25, -0.2) is 0 Å². The number of thioether (sulfide) groups is 1. The van der Waals surface area contributed by atoms with E-state index in [-0.39, 0.29) is 5.25 Å². The lowest BCUT2D eigenvalue weighted by atomic mass is 10.2. The van der Waals surface area contributed by atoms with Crippen LogP contribution >= 0.6 is 11.8 Å². The van der Waals surface area contributed by atoms with Crippen LogP contribution in [-0.4, -0.2) is 35.2 Å². The number of hydrogen-bond acceptors (Lipinski definition) is 3. The first-order chi connectivity index (χ1) is 10.2. The van der Waals surface area contributed by atoms with Gasteiger partial charge in [0.1, 0.15) is 0 Å². The van der Waals surface area contributed by atoms with Crippen molar-refractivity contribution in [2.45, 2.75) is 55.3 Å². The molecule has 1 saturated carbocycles. The second kappa shape index (κ2) is 6.84. The fraction of sp³-hybridized carbons (Fsp3) is 0.588. The largest absolute Gasteiger partial charge is 0.342 e. The van der Waals surface area contributed by atoms with Crippen LogP contribution in [0.5, 0.6) is 0 Å². The maximum atomic E-state index is 12.4. The molecule has 1 aromatic rings. The Morgan fingerprint density at radius 1 is 1.38 bits per heavy atom. The van der Waals surface area contributed by atoms with Crippen LogP contribution in [0, 0.1) is 0 Å². The van der Waals surface area contributed by atoms with Gasteiger partial charge in [0.05, 0.1) is 5.25 Å². The lowest BCUT2D eigenvalue weighted by Crippen LogP contribution is -2.33. The molecule has 0 aromatic heterocycles. The van der Waals surface area contributed by atoms with E-state index in [1.807, 2.05) is 11.8 Å². The van der Waals surface area contributed by atoms with Gasteiger partial charge < -0.3 is 10.2 Å². The molecule has 0 radical (unpaired) electrons. The third-order valence-electron chi connectivity index (χ3n) is 4.15. The first-order valence-corrected chi connectivity index (χ1v) is 8.88. The minimum absolute atomic E-state index is 0.00902. The molecule has 114 valence electrons. The molecular weight excluding hydrogens is 280 g/mol. The van der Waals surface area contributed by atoms with E-state index >= 15 is 0 Å². The minimum atomic E-state index is 0.00902. The summed E-state index contributed by atoms with van der Waals surface area (Å²) in [7, 11) is 0. The summed E-state index contributed by atoms with van der Waals surface area (Å²) in [5.41, 5.74) is 1.31. The van der Waals surface area contributed by atoms with Gasteiger partial charge in [-0.2, -0.15) is 0 Å². The predicted molar refractivity (Wildman–Crippen MR) is 87.4 cm³/mol. The smallest absolute Gasteiger partial charge is 0.235 e. The molecule has 1 atom stereocenters. The van der Waals surface area contributed by atoms with Crippen molar-refractivity contribution in [1.82, 2.24) is 10.2 Å². The molecule has 0 bridgehead atoms. The third-order valence-corrected chi connectivity index (χ3v) is 5.23. The van der Waals surface area contributed by atoms with Crippen molar-refractivity contribution in [2.75, 3.05) is 13.1 Å². The standard InChI is InChI=1S/C17H24N2OS/c1-13(17(20)19-9-2-3-10-19)21-16-6-4-5-14(11-16)12-18-15-7-8-15/h4-6,11,13,15,18H,2-3,7-10,12H2,1H3. The Kier molecular flexibility index (Phi) is 4.86. The second-order valence-electron chi connectivity index (χ2n) is 6.10. The summed E-state index contributed by atoms with van der Waals surface area (Å²) in [6.07, 6.45) is 4.95. The van der Waals surface area contributed by atoms with Gasteiger partial charge in [-0.3, -0.25) is 4.79 Å². The van der Waals surface area contributed by atoms with Gasteiger partial charge in [0.2, 0.25) is 5.91 Å².